The lowest BCUT2D eigenvalue weighted by Crippen LogP contribution is -2.21. The minimum atomic E-state index is -3.37. The van der Waals surface area contributed by atoms with Gasteiger partial charge in [-0.25, -0.2) is 8.42 Å². The highest BCUT2D eigenvalue weighted by atomic mass is 32.2. The molecule has 0 aliphatic rings. The second-order valence-corrected chi connectivity index (χ2v) is 6.54. The fourth-order valence-electron chi connectivity index (χ4n) is 1.39. The van der Waals surface area contributed by atoms with Gasteiger partial charge >= 0.3 is 5.97 Å². The van der Waals surface area contributed by atoms with Crippen molar-refractivity contribution in [3.63, 3.8) is 0 Å². The Bertz CT molecular complexity index is 580. The van der Waals surface area contributed by atoms with E-state index in [-0.39, 0.29) is 37.3 Å². The van der Waals surface area contributed by atoms with Crippen molar-refractivity contribution in [2.24, 2.45) is 5.73 Å². The molecule has 0 saturated carbocycles. The predicted octanol–water partition coefficient (Wildman–Crippen LogP) is -1.41. The molecule has 0 atom stereocenters. The van der Waals surface area contributed by atoms with Crippen LogP contribution in [-0.4, -0.2) is 51.9 Å². The van der Waals surface area contributed by atoms with Crippen LogP contribution in [0, 0.1) is 0 Å². The molecular formula is C10H16N4O5S. The zero-order chi connectivity index (χ0) is 15.2. The summed E-state index contributed by atoms with van der Waals surface area (Å²) in [4.78, 5) is 20.9. The van der Waals surface area contributed by atoms with Gasteiger partial charge in [-0.2, -0.15) is 0 Å². The minimum absolute atomic E-state index is 0.0599. The highest BCUT2D eigenvalue weighted by Crippen LogP contribution is 2.00. The van der Waals surface area contributed by atoms with Gasteiger partial charge in [0.2, 0.25) is 5.91 Å². The molecular weight excluding hydrogens is 288 g/mol. The molecule has 9 nitrogen and oxygen atoms in total. The molecule has 1 aromatic heterocycles. The van der Waals surface area contributed by atoms with Gasteiger partial charge in [-0.1, -0.05) is 5.21 Å². The number of nitrogens with two attached hydrogens (primary N) is 1. The van der Waals surface area contributed by atoms with Crippen molar-refractivity contribution >= 4 is 21.7 Å². The van der Waals surface area contributed by atoms with E-state index in [0.29, 0.717) is 5.69 Å². The number of aliphatic carboxylic acids is 1. The molecule has 0 bridgehead atoms. The molecule has 0 unspecified atom stereocenters. The third-order valence-electron chi connectivity index (χ3n) is 2.47. The molecule has 0 saturated heterocycles. The van der Waals surface area contributed by atoms with Gasteiger partial charge in [0.25, 0.3) is 0 Å². The highest BCUT2D eigenvalue weighted by Gasteiger charge is 2.13. The average molecular weight is 304 g/mol. The van der Waals surface area contributed by atoms with Gasteiger partial charge in [0.1, 0.15) is 0 Å². The van der Waals surface area contributed by atoms with Gasteiger partial charge < -0.3 is 10.8 Å². The minimum Gasteiger partial charge on any atom is -0.481 e. The van der Waals surface area contributed by atoms with Crippen LogP contribution >= 0.6 is 0 Å². The first-order valence-corrected chi connectivity index (χ1v) is 7.70. The standard InChI is InChI=1S/C10H16N4O5S/c11-9(15)3-5-20(18,19)6-4-14-7-8(12-13-14)1-2-10(16)17/h7H,1-6H2,(H2,11,15)(H,16,17). The number of sulfone groups is 1. The van der Waals surface area contributed by atoms with Crippen LogP contribution in [-0.2, 0) is 32.4 Å². The summed E-state index contributed by atoms with van der Waals surface area (Å²) in [5, 5.41) is 16.0. The quantitative estimate of drug-likeness (QED) is 0.569. The number of carbonyl (C=O) groups excluding carboxylic acids is 1. The van der Waals surface area contributed by atoms with E-state index in [4.69, 9.17) is 10.8 Å². The van der Waals surface area contributed by atoms with Crippen molar-refractivity contribution in [1.29, 1.82) is 0 Å². The average Bonchev–Trinajstić information content (AvgIpc) is 2.80. The zero-order valence-electron chi connectivity index (χ0n) is 10.7. The van der Waals surface area contributed by atoms with Crippen molar-refractivity contribution < 1.29 is 23.1 Å². The lowest BCUT2D eigenvalue weighted by Gasteiger charge is -2.02. The van der Waals surface area contributed by atoms with E-state index in [9.17, 15) is 18.0 Å². The largest absolute Gasteiger partial charge is 0.481 e. The number of hydrogen-bond donors (Lipinski definition) is 2. The van der Waals surface area contributed by atoms with Crippen molar-refractivity contribution in [2.45, 2.75) is 25.8 Å². The Kier molecular flexibility index (Phi) is 5.62. The van der Waals surface area contributed by atoms with Gasteiger partial charge in [-0.3, -0.25) is 14.3 Å². The smallest absolute Gasteiger partial charge is 0.303 e. The van der Waals surface area contributed by atoms with Crippen molar-refractivity contribution in [3.05, 3.63) is 11.9 Å². The first-order chi connectivity index (χ1) is 9.28. The molecule has 0 aliphatic heterocycles. The molecule has 0 spiro atoms. The second-order valence-electron chi connectivity index (χ2n) is 4.23. The Morgan fingerprint density at radius 2 is 2.00 bits per heavy atom. The Morgan fingerprint density at radius 1 is 1.30 bits per heavy atom. The van der Waals surface area contributed by atoms with Gasteiger partial charge in [0.05, 0.1) is 30.2 Å². The van der Waals surface area contributed by atoms with E-state index in [0.717, 1.165) is 0 Å². The highest BCUT2D eigenvalue weighted by molar-refractivity contribution is 7.91. The van der Waals surface area contributed by atoms with E-state index < -0.39 is 21.7 Å². The monoisotopic (exact) mass is 304 g/mol. The Morgan fingerprint density at radius 3 is 2.60 bits per heavy atom. The third-order valence-corrected chi connectivity index (χ3v) is 4.10. The molecule has 0 radical (unpaired) electrons. The summed E-state index contributed by atoms with van der Waals surface area (Å²) in [7, 11) is -3.37. The van der Waals surface area contributed by atoms with E-state index in [2.05, 4.69) is 10.3 Å². The van der Waals surface area contributed by atoms with Crippen molar-refractivity contribution in [2.75, 3.05) is 11.5 Å². The Hall–Kier alpha value is -1.97. The van der Waals surface area contributed by atoms with Crippen molar-refractivity contribution in [1.82, 2.24) is 15.0 Å². The second kappa shape index (κ2) is 6.98. The number of primary amides is 1. The maximum Gasteiger partial charge on any atom is 0.303 e. The van der Waals surface area contributed by atoms with Crippen LogP contribution in [0.1, 0.15) is 18.5 Å². The lowest BCUT2D eigenvalue weighted by atomic mass is 10.2. The summed E-state index contributed by atoms with van der Waals surface area (Å²) in [6.45, 7) is 0.0984. The number of nitrogens with zero attached hydrogens (tertiary/aromatic N) is 3. The van der Waals surface area contributed by atoms with Gasteiger partial charge in [-0.15, -0.1) is 5.10 Å². The molecule has 1 heterocycles. The molecule has 0 fully saturated rings. The third kappa shape index (κ3) is 6.27. The topological polar surface area (TPSA) is 145 Å². The normalized spacial score (nSPS) is 11.4. The van der Waals surface area contributed by atoms with E-state index in [1.807, 2.05) is 0 Å². The van der Waals surface area contributed by atoms with Crippen LogP contribution in [0.5, 0.6) is 0 Å². The van der Waals surface area contributed by atoms with Crippen molar-refractivity contribution in [3.8, 4) is 0 Å². The van der Waals surface area contributed by atoms with E-state index in [1.165, 1.54) is 10.9 Å². The van der Waals surface area contributed by atoms with Crippen LogP contribution in [0.4, 0.5) is 0 Å². The molecule has 1 rings (SSSR count). The SMILES string of the molecule is NC(=O)CCS(=O)(=O)CCn1cc(CCC(=O)O)nn1. The first-order valence-electron chi connectivity index (χ1n) is 5.88. The number of aryl methyl sites for hydroxylation is 2. The number of hydrogen-bond acceptors (Lipinski definition) is 6. The van der Waals surface area contributed by atoms with Crippen LogP contribution < -0.4 is 5.73 Å². The Labute approximate surface area is 115 Å². The number of amides is 1. The van der Waals surface area contributed by atoms with E-state index >= 15 is 0 Å². The number of aromatic nitrogens is 3. The molecule has 1 amide bonds. The lowest BCUT2D eigenvalue weighted by molar-refractivity contribution is -0.137. The molecule has 3 N–H and O–H groups in total. The van der Waals surface area contributed by atoms with Crippen LogP contribution in [0.15, 0.2) is 6.20 Å². The molecule has 20 heavy (non-hydrogen) atoms. The number of carboxylic acid groups (broad SMARTS) is 1. The fourth-order valence-corrected chi connectivity index (χ4v) is 2.57. The molecule has 1 aromatic rings. The maximum atomic E-state index is 11.6. The zero-order valence-corrected chi connectivity index (χ0v) is 11.5. The van der Waals surface area contributed by atoms with Crippen LogP contribution in [0.2, 0.25) is 0 Å². The van der Waals surface area contributed by atoms with Gasteiger partial charge in [0, 0.05) is 19.0 Å². The number of carboxylic acids is 1. The molecule has 0 aromatic carbocycles. The molecule has 10 heteroatoms. The first kappa shape index (κ1) is 16.1. The predicted molar refractivity (Wildman–Crippen MR) is 68.4 cm³/mol. The van der Waals surface area contributed by atoms with Gasteiger partial charge in [-0.05, 0) is 0 Å². The summed E-state index contributed by atoms with van der Waals surface area (Å²) in [5.74, 6) is -2.07. The number of rotatable bonds is 9. The summed E-state index contributed by atoms with van der Waals surface area (Å²) in [6, 6.07) is 0. The van der Waals surface area contributed by atoms with Gasteiger partial charge in [0.15, 0.2) is 9.84 Å². The fraction of sp³-hybridized carbons (Fsp3) is 0.600. The number of carbonyl (C=O) groups is 2. The van der Waals surface area contributed by atoms with Crippen LogP contribution in [0.25, 0.3) is 0 Å². The molecule has 0 aliphatic carbocycles. The summed E-state index contributed by atoms with van der Waals surface area (Å²) < 4.78 is 24.5. The Balaban J connectivity index is 2.45. The molecule has 112 valence electrons. The summed E-state index contributed by atoms with van der Waals surface area (Å²) >= 11 is 0. The maximum absolute atomic E-state index is 11.6. The van der Waals surface area contributed by atoms with E-state index in [1.54, 1.807) is 0 Å². The summed E-state index contributed by atoms with van der Waals surface area (Å²) in [6.07, 6.45) is 1.48. The summed E-state index contributed by atoms with van der Waals surface area (Å²) in [5.41, 5.74) is 5.38. The van der Waals surface area contributed by atoms with Crippen LogP contribution in [0.3, 0.4) is 0 Å².